The third-order valence-electron chi connectivity index (χ3n) is 2.74. The van der Waals surface area contributed by atoms with Crippen molar-refractivity contribution < 1.29 is 14.3 Å². The van der Waals surface area contributed by atoms with Crippen LogP contribution in [-0.2, 0) is 0 Å². The van der Waals surface area contributed by atoms with Gasteiger partial charge in [-0.25, -0.2) is 4.98 Å². The molecule has 0 saturated carbocycles. The fourth-order valence-electron chi connectivity index (χ4n) is 1.83. The Morgan fingerprint density at radius 1 is 1.21 bits per heavy atom. The van der Waals surface area contributed by atoms with Crippen LogP contribution in [0.25, 0.3) is 22.5 Å². The van der Waals surface area contributed by atoms with E-state index in [1.54, 1.807) is 32.2 Å². The van der Waals surface area contributed by atoms with Gasteiger partial charge in [-0.15, -0.1) is 10.2 Å². The quantitative estimate of drug-likeness (QED) is 0.758. The lowest BCUT2D eigenvalue weighted by Gasteiger charge is -2.05. The zero-order valence-electron chi connectivity index (χ0n) is 10.4. The number of aromatic nitrogens is 3. The van der Waals surface area contributed by atoms with Crippen LogP contribution in [0.4, 0.5) is 0 Å². The molecule has 0 fully saturated rings. The minimum Gasteiger partial charge on any atom is -0.507 e. The third-order valence-corrected chi connectivity index (χ3v) is 2.74. The molecule has 0 spiro atoms. The summed E-state index contributed by atoms with van der Waals surface area (Å²) in [5.74, 6) is 1.50. The molecule has 0 radical (unpaired) electrons. The van der Waals surface area contributed by atoms with E-state index in [1.807, 2.05) is 0 Å². The van der Waals surface area contributed by atoms with Crippen LogP contribution in [0.3, 0.4) is 0 Å². The molecule has 6 nitrogen and oxygen atoms in total. The van der Waals surface area contributed by atoms with Crippen LogP contribution >= 0.6 is 0 Å². The average Bonchev–Trinajstić information content (AvgIpc) is 2.84. The fraction of sp³-hybridized carbons (Fsp3) is 0.154. The van der Waals surface area contributed by atoms with Crippen LogP contribution in [-0.4, -0.2) is 27.4 Å². The number of fused-ring (bicyclic) bond motifs is 1. The molecule has 0 unspecified atom stereocenters. The van der Waals surface area contributed by atoms with Crippen molar-refractivity contribution in [2.75, 3.05) is 7.11 Å². The number of hydrogen-bond acceptors (Lipinski definition) is 6. The molecule has 3 aromatic rings. The minimum absolute atomic E-state index is 0.110. The zero-order valence-corrected chi connectivity index (χ0v) is 10.4. The summed E-state index contributed by atoms with van der Waals surface area (Å²) in [6, 6.07) is 6.75. The van der Waals surface area contributed by atoms with Crippen LogP contribution in [0.5, 0.6) is 11.5 Å². The zero-order chi connectivity index (χ0) is 13.4. The van der Waals surface area contributed by atoms with Gasteiger partial charge in [0.15, 0.2) is 0 Å². The van der Waals surface area contributed by atoms with Gasteiger partial charge in [0, 0.05) is 24.4 Å². The molecule has 0 amide bonds. The Kier molecular flexibility index (Phi) is 2.56. The van der Waals surface area contributed by atoms with Crippen molar-refractivity contribution in [3.05, 3.63) is 30.2 Å². The predicted molar refractivity (Wildman–Crippen MR) is 68.0 cm³/mol. The number of pyridine rings is 1. The number of rotatable bonds is 2. The van der Waals surface area contributed by atoms with E-state index in [4.69, 9.17) is 9.15 Å². The highest BCUT2D eigenvalue weighted by atomic mass is 16.5. The highest BCUT2D eigenvalue weighted by molar-refractivity contribution is 5.87. The number of benzene rings is 1. The van der Waals surface area contributed by atoms with Crippen LogP contribution < -0.4 is 4.74 Å². The van der Waals surface area contributed by atoms with Crippen LogP contribution in [0.15, 0.2) is 28.7 Å². The van der Waals surface area contributed by atoms with Gasteiger partial charge >= 0.3 is 0 Å². The molecule has 0 bridgehead atoms. The Morgan fingerprint density at radius 2 is 2.05 bits per heavy atom. The molecule has 0 atom stereocenters. The fourth-order valence-corrected chi connectivity index (χ4v) is 1.83. The summed E-state index contributed by atoms with van der Waals surface area (Å²) in [5, 5.41) is 18.3. The van der Waals surface area contributed by atoms with Gasteiger partial charge in [0.05, 0.1) is 12.6 Å². The first-order chi connectivity index (χ1) is 9.17. The molecular weight excluding hydrogens is 246 g/mol. The van der Waals surface area contributed by atoms with Crippen LogP contribution in [0.2, 0.25) is 0 Å². The van der Waals surface area contributed by atoms with E-state index in [-0.39, 0.29) is 11.6 Å². The first kappa shape index (κ1) is 11.5. The van der Waals surface area contributed by atoms with Crippen molar-refractivity contribution in [3.8, 4) is 23.1 Å². The second-order valence-corrected chi connectivity index (χ2v) is 4.04. The van der Waals surface area contributed by atoms with Gasteiger partial charge in [0.2, 0.25) is 5.89 Å². The van der Waals surface area contributed by atoms with E-state index in [9.17, 15) is 5.11 Å². The summed E-state index contributed by atoms with van der Waals surface area (Å²) in [4.78, 5) is 4.39. The summed E-state index contributed by atoms with van der Waals surface area (Å²) in [6.07, 6.45) is 0. The number of nitrogens with zero attached hydrogens (tertiary/aromatic N) is 3. The van der Waals surface area contributed by atoms with Crippen molar-refractivity contribution in [1.82, 2.24) is 15.2 Å². The van der Waals surface area contributed by atoms with E-state index in [2.05, 4.69) is 15.2 Å². The molecule has 2 aromatic heterocycles. The monoisotopic (exact) mass is 257 g/mol. The second-order valence-electron chi connectivity index (χ2n) is 4.04. The van der Waals surface area contributed by atoms with Gasteiger partial charge < -0.3 is 14.3 Å². The molecule has 19 heavy (non-hydrogen) atoms. The Labute approximate surface area is 108 Å². The van der Waals surface area contributed by atoms with Crippen LogP contribution in [0.1, 0.15) is 5.89 Å². The Morgan fingerprint density at radius 3 is 2.74 bits per heavy atom. The number of ether oxygens (including phenoxy) is 1. The molecule has 0 aliphatic heterocycles. The van der Waals surface area contributed by atoms with Crippen molar-refractivity contribution in [2.24, 2.45) is 0 Å². The Bertz CT molecular complexity index is 752. The highest BCUT2D eigenvalue weighted by Crippen LogP contribution is 2.30. The molecule has 3 rings (SSSR count). The lowest BCUT2D eigenvalue weighted by atomic mass is 10.1. The lowest BCUT2D eigenvalue weighted by molar-refractivity contribution is 0.415. The highest BCUT2D eigenvalue weighted by Gasteiger charge is 2.12. The van der Waals surface area contributed by atoms with Crippen molar-refractivity contribution in [1.29, 1.82) is 0 Å². The van der Waals surface area contributed by atoms with E-state index in [0.29, 0.717) is 28.2 Å². The summed E-state index contributed by atoms with van der Waals surface area (Å²) >= 11 is 0. The van der Waals surface area contributed by atoms with Gasteiger partial charge in [-0.05, 0) is 12.1 Å². The summed E-state index contributed by atoms with van der Waals surface area (Å²) < 4.78 is 10.4. The molecule has 2 heterocycles. The van der Waals surface area contributed by atoms with Gasteiger partial charge in [-0.2, -0.15) is 0 Å². The number of hydrogen-bond donors (Lipinski definition) is 1. The molecular formula is C13H11N3O3. The molecule has 1 N–H and O–H groups in total. The SMILES string of the molecule is COc1ccc2c(O)cc(-c3nnc(C)o3)nc2c1. The normalized spacial score (nSPS) is 10.8. The number of methoxy groups -OCH3 is 1. The van der Waals surface area contributed by atoms with Crippen molar-refractivity contribution in [3.63, 3.8) is 0 Å². The molecule has 6 heteroatoms. The maximum Gasteiger partial charge on any atom is 0.266 e. The average molecular weight is 257 g/mol. The minimum atomic E-state index is 0.110. The summed E-state index contributed by atoms with van der Waals surface area (Å²) in [7, 11) is 1.58. The Hall–Kier alpha value is -2.63. The number of aromatic hydroxyl groups is 1. The summed E-state index contributed by atoms with van der Waals surface area (Å²) in [6.45, 7) is 1.69. The van der Waals surface area contributed by atoms with Gasteiger partial charge in [0.25, 0.3) is 5.89 Å². The smallest absolute Gasteiger partial charge is 0.266 e. The molecule has 0 aliphatic carbocycles. The maximum atomic E-state index is 10.0. The lowest BCUT2D eigenvalue weighted by Crippen LogP contribution is -1.88. The van der Waals surface area contributed by atoms with E-state index < -0.39 is 0 Å². The third kappa shape index (κ3) is 1.97. The van der Waals surface area contributed by atoms with Crippen molar-refractivity contribution >= 4 is 10.9 Å². The van der Waals surface area contributed by atoms with Gasteiger partial charge in [-0.1, -0.05) is 0 Å². The molecule has 96 valence electrons. The maximum absolute atomic E-state index is 10.0. The van der Waals surface area contributed by atoms with Crippen molar-refractivity contribution in [2.45, 2.75) is 6.92 Å². The first-order valence-corrected chi connectivity index (χ1v) is 5.65. The topological polar surface area (TPSA) is 81.3 Å². The van der Waals surface area contributed by atoms with Crippen LogP contribution in [0, 0.1) is 6.92 Å². The van der Waals surface area contributed by atoms with E-state index in [0.717, 1.165) is 0 Å². The largest absolute Gasteiger partial charge is 0.507 e. The standard InChI is InChI=1S/C13H11N3O3/c1-7-15-16-13(19-7)11-6-12(17)9-4-3-8(18-2)5-10(9)14-11/h3-6H,1-2H3,(H,14,17). The molecule has 0 aliphatic rings. The van der Waals surface area contributed by atoms with E-state index in [1.165, 1.54) is 6.07 Å². The predicted octanol–water partition coefficient (Wildman–Crippen LogP) is 2.31. The molecule has 1 aromatic carbocycles. The summed E-state index contributed by atoms with van der Waals surface area (Å²) in [5.41, 5.74) is 1.03. The second kappa shape index (κ2) is 4.24. The van der Waals surface area contributed by atoms with E-state index >= 15 is 0 Å². The first-order valence-electron chi connectivity index (χ1n) is 5.65. The van der Waals surface area contributed by atoms with Gasteiger partial charge in [0.1, 0.15) is 17.2 Å². The van der Waals surface area contributed by atoms with Gasteiger partial charge in [-0.3, -0.25) is 0 Å². The number of aryl methyl sites for hydroxylation is 1. The Balaban J connectivity index is 2.22. The molecule has 0 saturated heterocycles.